The van der Waals surface area contributed by atoms with E-state index in [4.69, 9.17) is 17.4 Å². The molecule has 0 amide bonds. The highest BCUT2D eigenvalue weighted by atomic mass is 35.5. The largest absolute Gasteiger partial charge is 0.493 e. The average molecular weight is 299 g/mol. The second-order valence-electron chi connectivity index (χ2n) is 3.47. The van der Waals surface area contributed by atoms with Crippen molar-refractivity contribution in [3.63, 3.8) is 0 Å². The van der Waals surface area contributed by atoms with Crippen LogP contribution in [0.15, 0.2) is 0 Å². The number of alkyl halides is 3. The summed E-state index contributed by atoms with van der Waals surface area (Å²) in [5.41, 5.74) is 0.921. The molecule has 0 aromatic carbocycles. The number of hydrazine groups is 1. The second-order valence-corrected chi connectivity index (χ2v) is 3.83. The lowest BCUT2D eigenvalue weighted by Gasteiger charge is -2.19. The van der Waals surface area contributed by atoms with Crippen LogP contribution in [0, 0.1) is 6.92 Å². The lowest BCUT2D eigenvalue weighted by molar-refractivity contribution is -0.201. The Morgan fingerprint density at radius 2 is 2.05 bits per heavy atom. The van der Waals surface area contributed by atoms with E-state index in [0.29, 0.717) is 17.5 Å². The van der Waals surface area contributed by atoms with E-state index in [-0.39, 0.29) is 16.1 Å². The maximum Gasteiger partial charge on any atom is 0.493 e. The zero-order valence-corrected chi connectivity index (χ0v) is 10.7. The van der Waals surface area contributed by atoms with Crippen LogP contribution in [0.2, 0.25) is 5.15 Å². The molecule has 10 heteroatoms. The van der Waals surface area contributed by atoms with E-state index in [0.717, 1.165) is 0 Å². The average Bonchev–Trinajstić information content (AvgIpc) is 2.30. The molecule has 0 fully saturated rings. The zero-order valence-electron chi connectivity index (χ0n) is 9.95. The fourth-order valence-corrected chi connectivity index (χ4v) is 1.46. The Morgan fingerprint density at radius 1 is 1.47 bits per heavy atom. The highest BCUT2D eigenvalue weighted by molar-refractivity contribution is 6.30. The van der Waals surface area contributed by atoms with Gasteiger partial charge >= 0.3 is 12.1 Å². The van der Waals surface area contributed by atoms with Gasteiger partial charge in [0.25, 0.3) is 0 Å². The summed E-state index contributed by atoms with van der Waals surface area (Å²) in [6, 6.07) is 0. The Kier molecular flexibility index (Phi) is 4.53. The minimum absolute atomic E-state index is 0.0937. The van der Waals surface area contributed by atoms with Gasteiger partial charge < -0.3 is 4.84 Å². The molecule has 0 aliphatic heterocycles. The fraction of sp³-hybridized carbons (Fsp3) is 0.444. The van der Waals surface area contributed by atoms with E-state index in [1.54, 1.807) is 13.8 Å². The lowest BCUT2D eigenvalue weighted by Crippen LogP contribution is -2.40. The summed E-state index contributed by atoms with van der Waals surface area (Å²) in [5, 5.41) is 7.24. The third-order valence-corrected chi connectivity index (χ3v) is 2.60. The predicted octanol–water partition coefficient (Wildman–Crippen LogP) is 1.70. The highest BCUT2D eigenvalue weighted by Gasteiger charge is 2.43. The van der Waals surface area contributed by atoms with Crippen LogP contribution in [0.3, 0.4) is 0 Å². The van der Waals surface area contributed by atoms with Crippen LogP contribution in [0.25, 0.3) is 0 Å². The Morgan fingerprint density at radius 3 is 2.53 bits per heavy atom. The monoisotopic (exact) mass is 298 g/mol. The van der Waals surface area contributed by atoms with Crippen molar-refractivity contribution in [2.45, 2.75) is 26.4 Å². The Bertz CT molecular complexity index is 495. The van der Waals surface area contributed by atoms with Gasteiger partial charge in [-0.1, -0.05) is 18.5 Å². The van der Waals surface area contributed by atoms with E-state index in [1.165, 1.54) is 0 Å². The van der Waals surface area contributed by atoms with Crippen LogP contribution in [0.4, 0.5) is 19.0 Å². The third-order valence-electron chi connectivity index (χ3n) is 2.24. The van der Waals surface area contributed by atoms with Crippen LogP contribution in [-0.4, -0.2) is 22.3 Å². The van der Waals surface area contributed by atoms with Gasteiger partial charge in [-0.05, 0) is 18.9 Å². The van der Waals surface area contributed by atoms with Gasteiger partial charge in [0.05, 0.1) is 0 Å². The first-order chi connectivity index (χ1) is 8.68. The molecule has 1 heterocycles. The molecule has 2 N–H and O–H groups in total. The summed E-state index contributed by atoms with van der Waals surface area (Å²) in [5.74, 6) is 2.57. The number of anilines is 1. The van der Waals surface area contributed by atoms with Crippen molar-refractivity contribution >= 4 is 23.4 Å². The van der Waals surface area contributed by atoms with Gasteiger partial charge in [-0.2, -0.15) is 13.2 Å². The van der Waals surface area contributed by atoms with Crippen LogP contribution < -0.4 is 11.0 Å². The number of rotatable bonds is 3. The smallest absolute Gasteiger partial charge is 0.315 e. The number of halogens is 4. The van der Waals surface area contributed by atoms with E-state index in [1.807, 2.05) is 0 Å². The number of nitrogens with two attached hydrogens (primary N) is 1. The number of nitrogens with zero attached hydrogens (tertiary/aromatic N) is 3. The van der Waals surface area contributed by atoms with Gasteiger partial charge in [-0.15, -0.1) is 15.4 Å². The summed E-state index contributed by atoms with van der Waals surface area (Å²) in [7, 11) is 0. The molecule has 0 saturated heterocycles. The lowest BCUT2D eigenvalue weighted by atomic mass is 10.1. The molecule has 0 aliphatic carbocycles. The van der Waals surface area contributed by atoms with Crippen molar-refractivity contribution < 1.29 is 22.8 Å². The van der Waals surface area contributed by atoms with Crippen molar-refractivity contribution in [3.8, 4) is 0 Å². The molecular weight excluding hydrogens is 289 g/mol. The first kappa shape index (κ1) is 15.4. The predicted molar refractivity (Wildman–Crippen MR) is 60.0 cm³/mol. The van der Waals surface area contributed by atoms with Crippen LogP contribution in [0.5, 0.6) is 0 Å². The highest BCUT2D eigenvalue weighted by Crippen LogP contribution is 2.25. The number of carbonyl (C=O) groups is 1. The molecule has 1 rings (SSSR count). The molecule has 1 aromatic heterocycles. The summed E-state index contributed by atoms with van der Waals surface area (Å²) < 4.78 is 36.1. The fourth-order valence-electron chi connectivity index (χ4n) is 1.30. The number of carbonyl (C=O) groups excluding carboxylic acids is 1. The standard InChI is InChI=1S/C9H10ClF3N4O2/c1-3-5-4(2)6(10)15-16-7(5)17(14)19-8(18)9(11,12)13/h3,14H2,1-2H3. The van der Waals surface area contributed by atoms with Gasteiger partial charge in [0.15, 0.2) is 5.15 Å². The van der Waals surface area contributed by atoms with Crippen LogP contribution >= 0.6 is 11.6 Å². The number of hydrogen-bond donors (Lipinski definition) is 1. The van der Waals surface area contributed by atoms with E-state index in [2.05, 4.69) is 15.0 Å². The van der Waals surface area contributed by atoms with E-state index >= 15 is 0 Å². The first-order valence-corrected chi connectivity index (χ1v) is 5.41. The van der Waals surface area contributed by atoms with Crippen molar-refractivity contribution in [3.05, 3.63) is 16.3 Å². The summed E-state index contributed by atoms with van der Waals surface area (Å²) >= 11 is 5.73. The number of hydrogen-bond acceptors (Lipinski definition) is 6. The van der Waals surface area contributed by atoms with Gasteiger partial charge in [0, 0.05) is 5.56 Å². The molecule has 0 atom stereocenters. The van der Waals surface area contributed by atoms with E-state index in [9.17, 15) is 18.0 Å². The molecule has 0 radical (unpaired) electrons. The molecule has 0 aliphatic rings. The van der Waals surface area contributed by atoms with Gasteiger partial charge in [-0.3, -0.25) is 0 Å². The topological polar surface area (TPSA) is 81.3 Å². The molecule has 6 nitrogen and oxygen atoms in total. The van der Waals surface area contributed by atoms with Crippen molar-refractivity contribution in [2.75, 3.05) is 5.17 Å². The SMILES string of the molecule is CCc1c(N(N)OC(=O)C(F)(F)F)nnc(Cl)c1C. The van der Waals surface area contributed by atoms with Crippen LogP contribution in [-0.2, 0) is 16.1 Å². The quantitative estimate of drug-likeness (QED) is 0.676. The Labute approximate surface area is 111 Å². The molecule has 0 spiro atoms. The molecular formula is C9H10ClF3N4O2. The summed E-state index contributed by atoms with van der Waals surface area (Å²) in [6.07, 6.45) is -4.79. The summed E-state index contributed by atoms with van der Waals surface area (Å²) in [6.45, 7) is 3.31. The second kappa shape index (κ2) is 5.57. The molecule has 0 bridgehead atoms. The third kappa shape index (κ3) is 3.44. The van der Waals surface area contributed by atoms with Crippen molar-refractivity contribution in [1.29, 1.82) is 0 Å². The molecule has 0 unspecified atom stereocenters. The van der Waals surface area contributed by atoms with Gasteiger partial charge in [-0.25, -0.2) is 10.6 Å². The molecule has 106 valence electrons. The normalized spacial score (nSPS) is 11.3. The van der Waals surface area contributed by atoms with Crippen molar-refractivity contribution in [1.82, 2.24) is 10.2 Å². The number of aromatic nitrogens is 2. The van der Waals surface area contributed by atoms with E-state index < -0.39 is 12.1 Å². The molecule has 19 heavy (non-hydrogen) atoms. The Balaban J connectivity index is 3.04. The first-order valence-electron chi connectivity index (χ1n) is 5.04. The van der Waals surface area contributed by atoms with Gasteiger partial charge in [0.2, 0.25) is 5.82 Å². The van der Waals surface area contributed by atoms with Gasteiger partial charge in [0.1, 0.15) is 0 Å². The summed E-state index contributed by atoms with van der Waals surface area (Å²) in [4.78, 5) is 14.6. The van der Waals surface area contributed by atoms with Crippen LogP contribution in [0.1, 0.15) is 18.1 Å². The minimum Gasteiger partial charge on any atom is -0.315 e. The molecule has 1 aromatic rings. The zero-order chi connectivity index (χ0) is 14.8. The maximum absolute atomic E-state index is 12.0. The minimum atomic E-state index is -5.15. The Hall–Kier alpha value is -1.61. The molecule has 0 saturated carbocycles. The maximum atomic E-state index is 12.0. The van der Waals surface area contributed by atoms with Crippen molar-refractivity contribution in [2.24, 2.45) is 5.84 Å².